The first kappa shape index (κ1) is 21.5. The van der Waals surface area contributed by atoms with Crippen molar-refractivity contribution >= 4 is 45.8 Å². The largest absolute Gasteiger partial charge is 0.326 e. The van der Waals surface area contributed by atoms with Crippen LogP contribution in [-0.2, 0) is 9.59 Å². The first-order chi connectivity index (χ1) is 16.5. The van der Waals surface area contributed by atoms with E-state index >= 15 is 0 Å². The highest BCUT2D eigenvalue weighted by molar-refractivity contribution is 8.15. The van der Waals surface area contributed by atoms with Gasteiger partial charge in [0.15, 0.2) is 5.17 Å². The molecule has 9 nitrogen and oxygen atoms in total. The van der Waals surface area contributed by atoms with E-state index in [2.05, 4.69) is 20.8 Å². The van der Waals surface area contributed by atoms with Gasteiger partial charge in [0.1, 0.15) is 11.0 Å². The Bertz CT molecular complexity index is 1340. The summed E-state index contributed by atoms with van der Waals surface area (Å²) >= 11 is 1.14. The molecule has 1 atom stereocenters. The molecule has 1 saturated heterocycles. The Hall–Kier alpha value is -4.31. The minimum absolute atomic E-state index is 0.0706. The van der Waals surface area contributed by atoms with Crippen LogP contribution in [0.3, 0.4) is 0 Å². The molecule has 3 aromatic rings. The van der Waals surface area contributed by atoms with Gasteiger partial charge in [-0.1, -0.05) is 60.3 Å². The Morgan fingerprint density at radius 1 is 0.941 bits per heavy atom. The van der Waals surface area contributed by atoms with E-state index in [1.807, 2.05) is 48.5 Å². The maximum atomic E-state index is 12.4. The highest BCUT2D eigenvalue weighted by Gasteiger charge is 2.32. The van der Waals surface area contributed by atoms with Gasteiger partial charge >= 0.3 is 0 Å². The number of hydrogen-bond donors (Lipinski definition) is 2. The number of benzene rings is 3. The molecular weight excluding hydrogens is 454 g/mol. The molecule has 10 heteroatoms. The molecule has 3 aromatic carbocycles. The fourth-order valence-corrected chi connectivity index (χ4v) is 4.75. The van der Waals surface area contributed by atoms with Crippen molar-refractivity contribution in [2.45, 2.75) is 11.7 Å². The van der Waals surface area contributed by atoms with E-state index in [0.717, 1.165) is 39.7 Å². The van der Waals surface area contributed by atoms with Gasteiger partial charge in [-0.25, -0.2) is 0 Å². The molecule has 0 saturated carbocycles. The van der Waals surface area contributed by atoms with Crippen LogP contribution in [0, 0.1) is 10.1 Å². The summed E-state index contributed by atoms with van der Waals surface area (Å²) in [5.41, 5.74) is 5.19. The van der Waals surface area contributed by atoms with Crippen LogP contribution in [0.2, 0.25) is 0 Å². The summed E-state index contributed by atoms with van der Waals surface area (Å²) in [7, 11) is 0. The Morgan fingerprint density at radius 3 is 2.12 bits per heavy atom. The standard InChI is InChI=1S/C24H17N5O4S/c30-21(25-14-9-11-15(12-10-14)29(32)33)13-20-23(31)26-24(34-20)28-27-22-18-7-3-1-5-16(18)17-6-2-4-8-19(17)22/h1-12,20H,13H2,(H,25,30)(H,26,28,31). The van der Waals surface area contributed by atoms with Gasteiger partial charge in [-0.3, -0.25) is 19.7 Å². The molecule has 168 valence electrons. The smallest absolute Gasteiger partial charge is 0.269 e. The lowest BCUT2D eigenvalue weighted by Crippen LogP contribution is -2.28. The maximum Gasteiger partial charge on any atom is 0.269 e. The number of fused-ring (bicyclic) bond motifs is 3. The summed E-state index contributed by atoms with van der Waals surface area (Å²) in [6, 6.07) is 21.4. The molecule has 1 aliphatic carbocycles. The van der Waals surface area contributed by atoms with Crippen molar-refractivity contribution in [1.82, 2.24) is 5.32 Å². The maximum absolute atomic E-state index is 12.4. The zero-order valence-corrected chi connectivity index (χ0v) is 18.4. The second-order valence-electron chi connectivity index (χ2n) is 7.60. The lowest BCUT2D eigenvalue weighted by Gasteiger charge is -2.07. The summed E-state index contributed by atoms with van der Waals surface area (Å²) in [6.45, 7) is 0. The van der Waals surface area contributed by atoms with Crippen molar-refractivity contribution < 1.29 is 14.5 Å². The van der Waals surface area contributed by atoms with E-state index in [1.165, 1.54) is 24.3 Å². The molecule has 0 spiro atoms. The number of nitro groups is 1. The van der Waals surface area contributed by atoms with Gasteiger partial charge in [-0.2, -0.15) is 0 Å². The lowest BCUT2D eigenvalue weighted by molar-refractivity contribution is -0.384. The van der Waals surface area contributed by atoms with Gasteiger partial charge in [-0.05, 0) is 23.3 Å². The summed E-state index contributed by atoms with van der Waals surface area (Å²) in [6.07, 6.45) is -0.0747. The number of nitrogens with zero attached hydrogens (tertiary/aromatic N) is 3. The van der Waals surface area contributed by atoms with Crippen molar-refractivity contribution in [2.75, 3.05) is 5.32 Å². The molecule has 0 aromatic heterocycles. The van der Waals surface area contributed by atoms with E-state index in [9.17, 15) is 19.7 Å². The number of carbonyl (C=O) groups is 2. The third-order valence-electron chi connectivity index (χ3n) is 5.40. The average Bonchev–Trinajstić information content (AvgIpc) is 3.35. The van der Waals surface area contributed by atoms with Gasteiger partial charge < -0.3 is 10.6 Å². The zero-order chi connectivity index (χ0) is 23.7. The third-order valence-corrected chi connectivity index (χ3v) is 6.48. The molecule has 5 rings (SSSR count). The third kappa shape index (κ3) is 4.18. The van der Waals surface area contributed by atoms with Crippen molar-refractivity contribution in [2.24, 2.45) is 10.2 Å². The van der Waals surface area contributed by atoms with Crippen molar-refractivity contribution in [3.8, 4) is 11.1 Å². The molecule has 2 amide bonds. The number of nitro benzene ring substituents is 1. The predicted octanol–water partition coefficient (Wildman–Crippen LogP) is 3.94. The number of non-ortho nitro benzene ring substituents is 1. The van der Waals surface area contributed by atoms with Crippen LogP contribution < -0.4 is 10.6 Å². The highest BCUT2D eigenvalue weighted by atomic mass is 32.2. The minimum atomic E-state index is -0.653. The van der Waals surface area contributed by atoms with Crippen LogP contribution in [0.1, 0.15) is 17.5 Å². The first-order valence-corrected chi connectivity index (χ1v) is 11.2. The summed E-state index contributed by atoms with van der Waals surface area (Å²) in [5.74, 6) is -0.706. The SMILES string of the molecule is O=C(CC1S/C(=N/N=C2c3ccccc3-c3ccccc32)NC1=O)Nc1ccc([N+](=O)[O-])cc1. The van der Waals surface area contributed by atoms with Crippen molar-refractivity contribution in [3.05, 3.63) is 94.0 Å². The van der Waals surface area contributed by atoms with Gasteiger partial charge in [0.05, 0.1) is 4.92 Å². The van der Waals surface area contributed by atoms with Gasteiger partial charge in [0.2, 0.25) is 11.8 Å². The second kappa shape index (κ2) is 8.91. The molecule has 1 heterocycles. The Balaban J connectivity index is 1.28. The van der Waals surface area contributed by atoms with Crippen LogP contribution in [0.4, 0.5) is 11.4 Å². The number of hydrogen-bond acceptors (Lipinski definition) is 7. The second-order valence-corrected chi connectivity index (χ2v) is 8.79. The van der Waals surface area contributed by atoms with E-state index in [-0.39, 0.29) is 23.9 Å². The van der Waals surface area contributed by atoms with E-state index < -0.39 is 10.2 Å². The predicted molar refractivity (Wildman–Crippen MR) is 131 cm³/mol. The molecule has 34 heavy (non-hydrogen) atoms. The Morgan fingerprint density at radius 2 is 1.53 bits per heavy atom. The van der Waals surface area contributed by atoms with E-state index in [0.29, 0.717) is 10.9 Å². The molecule has 0 radical (unpaired) electrons. The van der Waals surface area contributed by atoms with Crippen LogP contribution in [0.5, 0.6) is 0 Å². The number of anilines is 1. The summed E-state index contributed by atoms with van der Waals surface area (Å²) in [4.78, 5) is 35.0. The monoisotopic (exact) mass is 471 g/mol. The van der Waals surface area contributed by atoms with Crippen LogP contribution in [0.15, 0.2) is 83.0 Å². The molecule has 1 unspecified atom stereocenters. The van der Waals surface area contributed by atoms with Crippen molar-refractivity contribution in [3.63, 3.8) is 0 Å². The molecule has 0 bridgehead atoms. The molecular formula is C24H17N5O4S. The molecule has 2 N–H and O–H groups in total. The number of rotatable bonds is 5. The quantitative estimate of drug-likeness (QED) is 0.337. The number of carbonyl (C=O) groups excluding carboxylic acids is 2. The van der Waals surface area contributed by atoms with Gasteiger partial charge in [0.25, 0.3) is 5.69 Å². The van der Waals surface area contributed by atoms with Crippen LogP contribution in [-0.4, -0.2) is 32.9 Å². The fourth-order valence-electron chi connectivity index (χ4n) is 3.83. The number of thioether (sulfide) groups is 1. The number of amides is 2. The Kier molecular flexibility index (Phi) is 5.64. The zero-order valence-electron chi connectivity index (χ0n) is 17.6. The summed E-state index contributed by atoms with van der Waals surface area (Å²) in [5, 5.41) is 24.4. The molecule has 1 fully saturated rings. The normalized spacial score (nSPS) is 17.2. The van der Waals surface area contributed by atoms with Gasteiger partial charge in [0, 0.05) is 35.4 Å². The Labute approximate surface area is 198 Å². The average molecular weight is 471 g/mol. The van der Waals surface area contributed by atoms with Gasteiger partial charge in [-0.15, -0.1) is 10.2 Å². The number of amidine groups is 1. The first-order valence-electron chi connectivity index (χ1n) is 10.4. The number of nitrogens with one attached hydrogen (secondary N) is 2. The minimum Gasteiger partial charge on any atom is -0.326 e. The summed E-state index contributed by atoms with van der Waals surface area (Å²) < 4.78 is 0. The molecule has 2 aliphatic rings. The van der Waals surface area contributed by atoms with Crippen LogP contribution in [0.25, 0.3) is 11.1 Å². The van der Waals surface area contributed by atoms with Crippen LogP contribution >= 0.6 is 11.8 Å². The lowest BCUT2D eigenvalue weighted by atomic mass is 10.1. The van der Waals surface area contributed by atoms with E-state index in [4.69, 9.17) is 0 Å². The van der Waals surface area contributed by atoms with E-state index in [1.54, 1.807) is 0 Å². The topological polar surface area (TPSA) is 126 Å². The molecule has 1 aliphatic heterocycles. The van der Waals surface area contributed by atoms with Crippen molar-refractivity contribution in [1.29, 1.82) is 0 Å². The highest BCUT2D eigenvalue weighted by Crippen LogP contribution is 2.36. The fraction of sp³-hybridized carbons (Fsp3) is 0.0833.